The van der Waals surface area contributed by atoms with E-state index in [2.05, 4.69) is 49.8 Å². The Morgan fingerprint density at radius 1 is 1.47 bits per heavy atom. The van der Waals surface area contributed by atoms with Gasteiger partial charge in [0.25, 0.3) is 0 Å². The molecule has 6 heteroatoms. The predicted octanol–water partition coefficient (Wildman–Crippen LogP) is 0.610. The van der Waals surface area contributed by atoms with Crippen molar-refractivity contribution in [2.45, 2.75) is 12.5 Å². The highest BCUT2D eigenvalue weighted by molar-refractivity contribution is 9.10. The Kier molecular flexibility index (Phi) is 3.96. The summed E-state index contributed by atoms with van der Waals surface area (Å²) in [6.07, 6.45) is 2.57. The Morgan fingerprint density at radius 2 is 2.24 bits per heavy atom. The summed E-state index contributed by atoms with van der Waals surface area (Å²) in [6.45, 7) is 3.26. The molecule has 1 atom stereocenters. The van der Waals surface area contributed by atoms with Gasteiger partial charge in [-0.05, 0) is 30.0 Å². The third-order valence-corrected chi connectivity index (χ3v) is 3.83. The number of hydrogen-bond acceptors (Lipinski definition) is 5. The number of nitrogen functional groups attached to an aromatic ring is 1. The first-order valence-corrected chi connectivity index (χ1v) is 6.51. The number of nitrogens with zero attached hydrogens (tertiary/aromatic N) is 4. The van der Waals surface area contributed by atoms with E-state index in [1.54, 1.807) is 6.20 Å². The van der Waals surface area contributed by atoms with Crippen LogP contribution in [0.2, 0.25) is 0 Å². The number of piperazine rings is 1. The Bertz CT molecular complexity index is 397. The molecule has 0 spiro atoms. The largest absolute Gasteiger partial charge is 0.383 e. The van der Waals surface area contributed by atoms with E-state index in [1.807, 2.05) is 0 Å². The maximum absolute atomic E-state index is 5.77. The topological polar surface area (TPSA) is 58.3 Å². The highest BCUT2D eigenvalue weighted by Gasteiger charge is 2.23. The van der Waals surface area contributed by atoms with Crippen molar-refractivity contribution in [3.63, 3.8) is 0 Å². The van der Waals surface area contributed by atoms with E-state index < -0.39 is 0 Å². The highest BCUT2D eigenvalue weighted by Crippen LogP contribution is 2.16. The third kappa shape index (κ3) is 3.14. The number of rotatable bonds is 2. The van der Waals surface area contributed by atoms with Crippen LogP contribution >= 0.6 is 15.9 Å². The molecule has 0 aliphatic carbocycles. The summed E-state index contributed by atoms with van der Waals surface area (Å²) in [6, 6.07) is 0.467. The molecule has 0 radical (unpaired) electrons. The molecule has 94 valence electrons. The molecule has 0 aromatic carbocycles. The highest BCUT2D eigenvalue weighted by atomic mass is 79.9. The van der Waals surface area contributed by atoms with Gasteiger partial charge in [0, 0.05) is 38.3 Å². The molecule has 2 rings (SSSR count). The number of halogens is 1. The van der Waals surface area contributed by atoms with Crippen molar-refractivity contribution < 1.29 is 0 Å². The van der Waals surface area contributed by atoms with Crippen LogP contribution < -0.4 is 5.73 Å². The lowest BCUT2D eigenvalue weighted by atomic mass is 10.1. The molecule has 1 aromatic rings. The summed E-state index contributed by atoms with van der Waals surface area (Å²) < 4.78 is 0.760. The average molecular weight is 300 g/mol. The van der Waals surface area contributed by atoms with Crippen LogP contribution in [-0.4, -0.2) is 59.5 Å². The van der Waals surface area contributed by atoms with E-state index in [1.165, 1.54) is 0 Å². The van der Waals surface area contributed by atoms with E-state index in [9.17, 15) is 0 Å². The second-order valence-electron chi connectivity index (χ2n) is 4.62. The Labute approximate surface area is 110 Å². The van der Waals surface area contributed by atoms with Gasteiger partial charge in [-0.25, -0.2) is 9.97 Å². The quantitative estimate of drug-likeness (QED) is 0.867. The zero-order valence-corrected chi connectivity index (χ0v) is 11.8. The van der Waals surface area contributed by atoms with Gasteiger partial charge in [-0.2, -0.15) is 0 Å². The first kappa shape index (κ1) is 12.7. The number of anilines is 1. The van der Waals surface area contributed by atoms with Crippen molar-refractivity contribution in [3.8, 4) is 0 Å². The fraction of sp³-hybridized carbons (Fsp3) is 0.636. The van der Waals surface area contributed by atoms with Gasteiger partial charge < -0.3 is 15.5 Å². The zero-order chi connectivity index (χ0) is 12.4. The summed E-state index contributed by atoms with van der Waals surface area (Å²) in [5.41, 5.74) is 5.77. The molecule has 1 saturated heterocycles. The Morgan fingerprint density at radius 3 is 2.94 bits per heavy atom. The van der Waals surface area contributed by atoms with Crippen molar-refractivity contribution in [2.75, 3.05) is 39.5 Å². The normalized spacial score (nSPS) is 22.9. The van der Waals surface area contributed by atoms with Crippen molar-refractivity contribution >= 4 is 21.7 Å². The monoisotopic (exact) mass is 299 g/mol. The molecule has 1 aromatic heterocycles. The fourth-order valence-corrected chi connectivity index (χ4v) is 2.24. The molecule has 17 heavy (non-hydrogen) atoms. The van der Waals surface area contributed by atoms with Crippen molar-refractivity contribution in [1.82, 2.24) is 19.8 Å². The molecule has 1 fully saturated rings. The van der Waals surface area contributed by atoms with Gasteiger partial charge in [-0.3, -0.25) is 0 Å². The van der Waals surface area contributed by atoms with Crippen LogP contribution in [0.3, 0.4) is 0 Å². The minimum Gasteiger partial charge on any atom is -0.383 e. The van der Waals surface area contributed by atoms with Crippen LogP contribution in [-0.2, 0) is 6.42 Å². The van der Waals surface area contributed by atoms with Gasteiger partial charge in [0.1, 0.15) is 11.6 Å². The summed E-state index contributed by atoms with van der Waals surface area (Å²) in [5, 5.41) is 0. The molecular formula is C11H18BrN5. The molecule has 2 heterocycles. The van der Waals surface area contributed by atoms with Crippen LogP contribution in [0.5, 0.6) is 0 Å². The summed E-state index contributed by atoms with van der Waals surface area (Å²) in [5.74, 6) is 1.33. The van der Waals surface area contributed by atoms with Crippen LogP contribution in [0, 0.1) is 0 Å². The second kappa shape index (κ2) is 5.29. The lowest BCUT2D eigenvalue weighted by Gasteiger charge is -2.37. The lowest BCUT2D eigenvalue weighted by Crippen LogP contribution is -2.50. The van der Waals surface area contributed by atoms with Crippen molar-refractivity contribution in [1.29, 1.82) is 0 Å². The number of likely N-dealkylation sites (N-methyl/N-ethyl adjacent to an activating group) is 2. The van der Waals surface area contributed by atoms with Gasteiger partial charge >= 0.3 is 0 Å². The fourth-order valence-electron chi connectivity index (χ4n) is 2.05. The zero-order valence-electron chi connectivity index (χ0n) is 10.2. The SMILES string of the molecule is CN1CCN(C)C(Cc2ncc(Br)c(N)n2)C1. The molecule has 1 aliphatic rings. The van der Waals surface area contributed by atoms with Crippen LogP contribution in [0.4, 0.5) is 5.82 Å². The second-order valence-corrected chi connectivity index (χ2v) is 5.47. The molecule has 1 unspecified atom stereocenters. The van der Waals surface area contributed by atoms with E-state index in [-0.39, 0.29) is 0 Å². The van der Waals surface area contributed by atoms with Crippen LogP contribution in [0.1, 0.15) is 5.82 Å². The van der Waals surface area contributed by atoms with Gasteiger partial charge in [0.05, 0.1) is 4.47 Å². The number of nitrogens with two attached hydrogens (primary N) is 1. The number of aromatic nitrogens is 2. The molecular weight excluding hydrogens is 282 g/mol. The first-order valence-electron chi connectivity index (χ1n) is 5.72. The minimum absolute atomic E-state index is 0.467. The van der Waals surface area contributed by atoms with Crippen molar-refractivity contribution in [2.24, 2.45) is 0 Å². The van der Waals surface area contributed by atoms with Crippen LogP contribution in [0.25, 0.3) is 0 Å². The van der Waals surface area contributed by atoms with Gasteiger partial charge in [0.15, 0.2) is 0 Å². The van der Waals surface area contributed by atoms with Gasteiger partial charge in [0.2, 0.25) is 0 Å². The van der Waals surface area contributed by atoms with Gasteiger partial charge in [-0.1, -0.05) is 0 Å². The third-order valence-electron chi connectivity index (χ3n) is 3.22. The lowest BCUT2D eigenvalue weighted by molar-refractivity contribution is 0.113. The van der Waals surface area contributed by atoms with E-state index >= 15 is 0 Å². The van der Waals surface area contributed by atoms with Gasteiger partial charge in [-0.15, -0.1) is 0 Å². The molecule has 0 bridgehead atoms. The Hall–Kier alpha value is -0.720. The van der Waals surface area contributed by atoms with E-state index in [0.29, 0.717) is 11.9 Å². The molecule has 0 amide bonds. The molecule has 5 nitrogen and oxygen atoms in total. The molecule has 2 N–H and O–H groups in total. The molecule has 0 saturated carbocycles. The first-order chi connectivity index (χ1) is 8.06. The minimum atomic E-state index is 0.467. The molecule has 1 aliphatic heterocycles. The summed E-state index contributed by atoms with van der Waals surface area (Å²) in [4.78, 5) is 13.3. The summed E-state index contributed by atoms with van der Waals surface area (Å²) in [7, 11) is 4.30. The average Bonchev–Trinajstić information content (AvgIpc) is 2.29. The Balaban J connectivity index is 2.06. The predicted molar refractivity (Wildman–Crippen MR) is 71.8 cm³/mol. The van der Waals surface area contributed by atoms with Crippen molar-refractivity contribution in [3.05, 3.63) is 16.5 Å². The van der Waals surface area contributed by atoms with Crippen LogP contribution in [0.15, 0.2) is 10.7 Å². The van der Waals surface area contributed by atoms with E-state index in [0.717, 1.165) is 36.4 Å². The number of hydrogen-bond donors (Lipinski definition) is 1. The maximum atomic E-state index is 5.77. The standard InChI is InChI=1S/C11H18BrN5/c1-16-3-4-17(2)8(7-16)5-10-14-6-9(12)11(13)15-10/h6,8H,3-5,7H2,1-2H3,(H2,13,14,15). The maximum Gasteiger partial charge on any atom is 0.141 e. The van der Waals surface area contributed by atoms with E-state index in [4.69, 9.17) is 5.73 Å². The summed E-state index contributed by atoms with van der Waals surface area (Å²) >= 11 is 3.31. The smallest absolute Gasteiger partial charge is 0.141 e.